The van der Waals surface area contributed by atoms with E-state index in [2.05, 4.69) is 16.0 Å². The highest BCUT2D eigenvalue weighted by atomic mass is 16.7. The lowest BCUT2D eigenvalue weighted by Crippen LogP contribution is -2.67. The first kappa shape index (κ1) is 34.2. The summed E-state index contributed by atoms with van der Waals surface area (Å²) < 4.78 is 24.3. The molecule has 2 aliphatic heterocycles. The smallest absolute Gasteiger partial charge is 0.217 e. The van der Waals surface area contributed by atoms with Crippen LogP contribution in [0.5, 0.6) is 0 Å². The number of nitrogens with one attached hydrogen (secondary N) is 3. The van der Waals surface area contributed by atoms with Crippen molar-refractivity contribution in [2.75, 3.05) is 46.4 Å². The summed E-state index contributed by atoms with van der Waals surface area (Å²) in [5.41, 5.74) is 17.4. The van der Waals surface area contributed by atoms with Crippen molar-refractivity contribution >= 4 is 5.91 Å². The summed E-state index contributed by atoms with van der Waals surface area (Å²) >= 11 is 0. The molecule has 0 saturated carbocycles. The maximum absolute atomic E-state index is 11.9. The Bertz CT molecular complexity index is 681. The molecule has 13 nitrogen and oxygen atoms in total. The van der Waals surface area contributed by atoms with Gasteiger partial charge in [0.05, 0.1) is 24.4 Å². The number of methoxy groups -OCH3 is 1. The predicted molar refractivity (Wildman–Crippen MR) is 148 cm³/mol. The van der Waals surface area contributed by atoms with Crippen molar-refractivity contribution in [2.24, 2.45) is 23.1 Å². The van der Waals surface area contributed by atoms with E-state index in [0.717, 1.165) is 58.3 Å². The summed E-state index contributed by atoms with van der Waals surface area (Å²) in [6.45, 7) is 7.66. The van der Waals surface area contributed by atoms with Crippen LogP contribution < -0.4 is 33.2 Å². The van der Waals surface area contributed by atoms with Crippen LogP contribution in [0.1, 0.15) is 52.4 Å². The van der Waals surface area contributed by atoms with Gasteiger partial charge in [-0.25, -0.2) is 0 Å². The van der Waals surface area contributed by atoms with E-state index in [0.29, 0.717) is 19.5 Å². The standard InChI is InChI=1S/C26H54N6O7/c1-16-18(8-4-6-12-30-14-10-27)37-25(20(29)22(16)34)39-24-19(9-5-7-13-31-15-11-28)38-26(36-3)21(23(24)35)32-17(2)33/h16,18-26,30-31,34-35H,4-15,27-29H2,1-3H3,(H,32,33). The van der Waals surface area contributed by atoms with Gasteiger partial charge >= 0.3 is 0 Å². The first-order chi connectivity index (χ1) is 18.7. The molecular weight excluding hydrogens is 508 g/mol. The normalized spacial score (nSPS) is 35.2. The third-order valence-corrected chi connectivity index (χ3v) is 7.54. The highest BCUT2D eigenvalue weighted by Gasteiger charge is 2.50. The number of nitrogens with two attached hydrogens (primary N) is 3. The third-order valence-electron chi connectivity index (χ3n) is 7.54. The van der Waals surface area contributed by atoms with Crippen molar-refractivity contribution < 1.29 is 34.0 Å². The second-order valence-electron chi connectivity index (χ2n) is 10.6. The number of hydrogen-bond acceptors (Lipinski definition) is 12. The Morgan fingerprint density at radius 3 is 1.97 bits per heavy atom. The van der Waals surface area contributed by atoms with Crippen LogP contribution in [0.2, 0.25) is 0 Å². The Balaban J connectivity index is 2.10. The van der Waals surface area contributed by atoms with E-state index >= 15 is 0 Å². The van der Waals surface area contributed by atoms with Crippen LogP contribution in [-0.4, -0.2) is 118 Å². The first-order valence-electron chi connectivity index (χ1n) is 14.4. The number of carbonyl (C=O) groups is 1. The number of rotatable bonds is 18. The summed E-state index contributed by atoms with van der Waals surface area (Å²) in [7, 11) is 1.47. The highest BCUT2D eigenvalue weighted by molar-refractivity contribution is 5.73. The fourth-order valence-electron chi connectivity index (χ4n) is 5.28. The molecule has 0 radical (unpaired) electrons. The van der Waals surface area contributed by atoms with Gasteiger partial charge in [-0.1, -0.05) is 6.92 Å². The lowest BCUT2D eigenvalue weighted by Gasteiger charge is -2.48. The number of amides is 1. The molecule has 230 valence electrons. The Morgan fingerprint density at radius 1 is 0.872 bits per heavy atom. The molecule has 2 fully saturated rings. The molecule has 0 aliphatic carbocycles. The molecule has 10 atom stereocenters. The van der Waals surface area contributed by atoms with Crippen LogP contribution in [0, 0.1) is 5.92 Å². The molecule has 39 heavy (non-hydrogen) atoms. The minimum Gasteiger partial charge on any atom is -0.391 e. The van der Waals surface area contributed by atoms with E-state index in [1.54, 1.807) is 0 Å². The molecule has 0 aromatic heterocycles. The van der Waals surface area contributed by atoms with Gasteiger partial charge in [0.25, 0.3) is 0 Å². The maximum atomic E-state index is 11.9. The molecule has 13 heteroatoms. The van der Waals surface area contributed by atoms with Crippen molar-refractivity contribution in [3.8, 4) is 0 Å². The summed E-state index contributed by atoms with van der Waals surface area (Å²) in [5, 5.41) is 31.5. The molecule has 0 bridgehead atoms. The lowest BCUT2D eigenvalue weighted by molar-refractivity contribution is -0.320. The molecule has 1 amide bonds. The Kier molecular flexibility index (Phi) is 16.2. The van der Waals surface area contributed by atoms with Gasteiger partial charge in [-0.3, -0.25) is 4.79 Å². The number of ether oxygens (including phenoxy) is 4. The van der Waals surface area contributed by atoms with Gasteiger partial charge in [0.2, 0.25) is 5.91 Å². The molecule has 2 rings (SSSR count). The zero-order valence-electron chi connectivity index (χ0n) is 23.9. The van der Waals surface area contributed by atoms with Gasteiger partial charge in [-0.15, -0.1) is 0 Å². The van der Waals surface area contributed by atoms with Crippen LogP contribution in [0.15, 0.2) is 0 Å². The molecule has 11 N–H and O–H groups in total. The van der Waals surface area contributed by atoms with Crippen LogP contribution in [0.4, 0.5) is 0 Å². The maximum Gasteiger partial charge on any atom is 0.217 e. The Labute approximate surface area is 233 Å². The van der Waals surface area contributed by atoms with Crippen LogP contribution in [0.25, 0.3) is 0 Å². The molecule has 10 unspecified atom stereocenters. The van der Waals surface area contributed by atoms with E-state index in [-0.39, 0.29) is 17.9 Å². The summed E-state index contributed by atoms with van der Waals surface area (Å²) in [4.78, 5) is 11.9. The van der Waals surface area contributed by atoms with Gasteiger partial charge in [-0.2, -0.15) is 0 Å². The largest absolute Gasteiger partial charge is 0.391 e. The predicted octanol–water partition coefficient (Wildman–Crippen LogP) is -1.91. The van der Waals surface area contributed by atoms with Crippen LogP contribution >= 0.6 is 0 Å². The summed E-state index contributed by atoms with van der Waals surface area (Å²) in [5.74, 6) is -0.505. The van der Waals surface area contributed by atoms with Crippen LogP contribution in [-0.2, 0) is 23.7 Å². The number of unbranched alkanes of at least 4 members (excludes halogenated alkanes) is 2. The quantitative estimate of drug-likeness (QED) is 0.0861. The minimum absolute atomic E-state index is 0.175. The number of hydrogen-bond donors (Lipinski definition) is 8. The molecular formula is C26H54N6O7. The van der Waals surface area contributed by atoms with Crippen LogP contribution in [0.3, 0.4) is 0 Å². The topological polar surface area (TPSA) is 209 Å². The second kappa shape index (κ2) is 18.5. The van der Waals surface area contributed by atoms with Crippen molar-refractivity contribution in [2.45, 2.75) is 108 Å². The van der Waals surface area contributed by atoms with Gasteiger partial charge < -0.3 is 62.3 Å². The molecule has 2 saturated heterocycles. The van der Waals surface area contributed by atoms with Gasteiger partial charge in [0.1, 0.15) is 18.2 Å². The van der Waals surface area contributed by atoms with E-state index in [4.69, 9.17) is 36.1 Å². The van der Waals surface area contributed by atoms with Gasteiger partial charge in [0, 0.05) is 46.1 Å². The summed E-state index contributed by atoms with van der Waals surface area (Å²) in [6.07, 6.45) is -0.590. The van der Waals surface area contributed by atoms with E-state index in [1.807, 2.05) is 6.92 Å². The molecule has 0 spiro atoms. The number of carbonyl (C=O) groups excluding carboxylic acids is 1. The number of aliphatic hydroxyl groups is 2. The van der Waals surface area contributed by atoms with Crippen molar-refractivity contribution in [3.63, 3.8) is 0 Å². The molecule has 0 aromatic carbocycles. The Hall–Kier alpha value is -0.970. The van der Waals surface area contributed by atoms with Crippen molar-refractivity contribution in [3.05, 3.63) is 0 Å². The average molecular weight is 563 g/mol. The second-order valence-corrected chi connectivity index (χ2v) is 10.6. The first-order valence-corrected chi connectivity index (χ1v) is 14.4. The highest BCUT2D eigenvalue weighted by Crippen LogP contribution is 2.33. The lowest BCUT2D eigenvalue weighted by atomic mass is 9.87. The Morgan fingerprint density at radius 2 is 1.44 bits per heavy atom. The fourth-order valence-corrected chi connectivity index (χ4v) is 5.28. The van der Waals surface area contributed by atoms with E-state index in [9.17, 15) is 15.0 Å². The monoisotopic (exact) mass is 562 g/mol. The van der Waals surface area contributed by atoms with Gasteiger partial charge in [0.15, 0.2) is 12.6 Å². The molecule has 0 aromatic rings. The molecule has 2 heterocycles. The average Bonchev–Trinajstić information content (AvgIpc) is 2.91. The zero-order valence-corrected chi connectivity index (χ0v) is 23.9. The number of aliphatic hydroxyl groups excluding tert-OH is 2. The minimum atomic E-state index is -1.15. The van der Waals surface area contributed by atoms with E-state index in [1.165, 1.54) is 14.0 Å². The molecule has 2 aliphatic rings. The van der Waals surface area contributed by atoms with Gasteiger partial charge in [-0.05, 0) is 51.6 Å². The zero-order chi connectivity index (χ0) is 28.8. The SMILES string of the molecule is COC1OC(CCCCNCCN)C(OC2OC(CCCCNCCN)C(C)C(O)C2N)C(O)C1NC(C)=O. The van der Waals surface area contributed by atoms with E-state index < -0.39 is 49.1 Å². The van der Waals surface area contributed by atoms with Crippen molar-refractivity contribution in [1.29, 1.82) is 0 Å². The third kappa shape index (κ3) is 10.7. The fraction of sp³-hybridized carbons (Fsp3) is 0.962. The summed E-state index contributed by atoms with van der Waals surface area (Å²) in [6, 6.07) is -1.66. The van der Waals surface area contributed by atoms with Crippen molar-refractivity contribution in [1.82, 2.24) is 16.0 Å².